The van der Waals surface area contributed by atoms with Gasteiger partial charge in [0.05, 0.1) is 6.10 Å². The van der Waals surface area contributed by atoms with Crippen LogP contribution in [0.15, 0.2) is 0 Å². The van der Waals surface area contributed by atoms with Crippen molar-refractivity contribution in [3.05, 3.63) is 0 Å². The van der Waals surface area contributed by atoms with Crippen LogP contribution in [-0.2, 0) is 9.53 Å². The molecule has 0 spiro atoms. The maximum Gasteiger partial charge on any atom is 0.220 e. The van der Waals surface area contributed by atoms with Crippen molar-refractivity contribution in [1.82, 2.24) is 5.32 Å². The molecular formula is C13H24BrNO2. The van der Waals surface area contributed by atoms with E-state index in [9.17, 15) is 4.79 Å². The van der Waals surface area contributed by atoms with Crippen LogP contribution in [0.2, 0.25) is 0 Å². The van der Waals surface area contributed by atoms with Gasteiger partial charge < -0.3 is 10.1 Å². The van der Waals surface area contributed by atoms with Crippen LogP contribution in [0.4, 0.5) is 0 Å². The molecule has 1 saturated carbocycles. The minimum absolute atomic E-state index is 0.200. The number of carbonyl (C=O) groups is 1. The summed E-state index contributed by atoms with van der Waals surface area (Å²) >= 11 is 3.41. The van der Waals surface area contributed by atoms with Crippen molar-refractivity contribution < 1.29 is 9.53 Å². The second-order valence-corrected chi connectivity index (χ2v) is 5.80. The fourth-order valence-corrected chi connectivity index (χ4v) is 2.91. The summed E-state index contributed by atoms with van der Waals surface area (Å²) in [6, 6.07) is 0. The minimum Gasteiger partial charge on any atom is -0.378 e. The fraction of sp³-hybridized carbons (Fsp3) is 0.923. The van der Waals surface area contributed by atoms with Crippen LogP contribution in [0, 0.1) is 11.8 Å². The highest BCUT2D eigenvalue weighted by molar-refractivity contribution is 9.09. The van der Waals surface area contributed by atoms with E-state index in [4.69, 9.17) is 4.74 Å². The molecule has 17 heavy (non-hydrogen) atoms. The lowest BCUT2D eigenvalue weighted by Gasteiger charge is -2.34. The van der Waals surface area contributed by atoms with Crippen LogP contribution in [0.1, 0.15) is 39.5 Å². The smallest absolute Gasteiger partial charge is 0.220 e. The average molecular weight is 306 g/mol. The Balaban J connectivity index is 2.03. The predicted molar refractivity (Wildman–Crippen MR) is 73.3 cm³/mol. The molecule has 0 saturated heterocycles. The summed E-state index contributed by atoms with van der Waals surface area (Å²) in [4.78, 5) is 11.7. The molecule has 1 unspecified atom stereocenters. The maximum atomic E-state index is 11.7. The predicted octanol–water partition coefficient (Wildman–Crippen LogP) is 2.73. The normalized spacial score (nSPS) is 25.1. The molecule has 0 heterocycles. The number of amides is 1. The summed E-state index contributed by atoms with van der Waals surface area (Å²) in [5.74, 6) is 1.29. The van der Waals surface area contributed by atoms with Gasteiger partial charge in [-0.05, 0) is 38.0 Å². The molecule has 1 amide bonds. The molecule has 0 bridgehead atoms. The van der Waals surface area contributed by atoms with Crippen LogP contribution in [0.5, 0.6) is 0 Å². The van der Waals surface area contributed by atoms with E-state index in [-0.39, 0.29) is 5.91 Å². The third-order valence-electron chi connectivity index (χ3n) is 3.32. The van der Waals surface area contributed by atoms with Gasteiger partial charge in [-0.25, -0.2) is 0 Å². The zero-order valence-corrected chi connectivity index (χ0v) is 12.5. The molecule has 100 valence electrons. The molecule has 1 rings (SSSR count). The van der Waals surface area contributed by atoms with Gasteiger partial charge in [-0.3, -0.25) is 4.79 Å². The highest BCUT2D eigenvalue weighted by atomic mass is 79.9. The Morgan fingerprint density at radius 1 is 1.53 bits per heavy atom. The number of alkyl halides is 1. The zero-order chi connectivity index (χ0) is 12.7. The van der Waals surface area contributed by atoms with Crippen LogP contribution in [0.25, 0.3) is 0 Å². The van der Waals surface area contributed by atoms with Gasteiger partial charge in [0.2, 0.25) is 5.91 Å². The number of carbonyl (C=O) groups excluding carboxylic acids is 1. The van der Waals surface area contributed by atoms with Gasteiger partial charge in [-0.15, -0.1) is 0 Å². The summed E-state index contributed by atoms with van der Waals surface area (Å²) < 4.78 is 5.48. The highest BCUT2D eigenvalue weighted by Gasteiger charge is 2.30. The van der Waals surface area contributed by atoms with Crippen molar-refractivity contribution in [3.63, 3.8) is 0 Å². The lowest BCUT2D eigenvalue weighted by atomic mass is 9.80. The molecule has 1 fully saturated rings. The van der Waals surface area contributed by atoms with Crippen LogP contribution in [-0.4, -0.2) is 30.5 Å². The molecule has 1 N–H and O–H groups in total. The molecule has 3 nitrogen and oxygen atoms in total. The van der Waals surface area contributed by atoms with Crippen LogP contribution >= 0.6 is 15.9 Å². The number of hydrogen-bond donors (Lipinski definition) is 1. The number of rotatable bonds is 8. The van der Waals surface area contributed by atoms with Gasteiger partial charge in [0.25, 0.3) is 0 Å². The lowest BCUT2D eigenvalue weighted by Crippen LogP contribution is -2.36. The molecular weight excluding hydrogens is 282 g/mol. The van der Waals surface area contributed by atoms with Crippen molar-refractivity contribution in [2.45, 2.75) is 45.6 Å². The van der Waals surface area contributed by atoms with E-state index in [2.05, 4.69) is 28.2 Å². The van der Waals surface area contributed by atoms with Gasteiger partial charge in [0, 0.05) is 24.9 Å². The van der Waals surface area contributed by atoms with Crippen molar-refractivity contribution in [2.75, 3.05) is 18.5 Å². The molecule has 4 heteroatoms. The largest absolute Gasteiger partial charge is 0.378 e. The molecule has 0 radical (unpaired) electrons. The number of halogens is 1. The third kappa shape index (κ3) is 5.87. The summed E-state index contributed by atoms with van der Waals surface area (Å²) in [5.41, 5.74) is 0. The summed E-state index contributed by atoms with van der Waals surface area (Å²) in [6.45, 7) is 5.76. The summed E-state index contributed by atoms with van der Waals surface area (Å²) in [6.07, 6.45) is 4.29. The van der Waals surface area contributed by atoms with E-state index in [1.54, 1.807) is 0 Å². The molecule has 1 aliphatic rings. The zero-order valence-electron chi connectivity index (χ0n) is 10.9. The van der Waals surface area contributed by atoms with Crippen molar-refractivity contribution in [3.8, 4) is 0 Å². The minimum atomic E-state index is 0.200. The summed E-state index contributed by atoms with van der Waals surface area (Å²) in [5, 5.41) is 4.02. The third-order valence-corrected chi connectivity index (χ3v) is 3.78. The first kappa shape index (κ1) is 15.0. The first-order valence-electron chi connectivity index (χ1n) is 6.60. The van der Waals surface area contributed by atoms with Crippen LogP contribution < -0.4 is 5.32 Å². The Bertz CT molecular complexity index is 229. The molecule has 0 aromatic heterocycles. The van der Waals surface area contributed by atoms with Crippen molar-refractivity contribution in [2.24, 2.45) is 11.8 Å². The Labute approximate surface area is 113 Å². The maximum absolute atomic E-state index is 11.7. The molecule has 1 aliphatic carbocycles. The quantitative estimate of drug-likeness (QED) is 0.700. The Hall–Kier alpha value is -0.0900. The van der Waals surface area contributed by atoms with E-state index in [0.29, 0.717) is 24.4 Å². The van der Waals surface area contributed by atoms with Gasteiger partial charge >= 0.3 is 0 Å². The van der Waals surface area contributed by atoms with Gasteiger partial charge in [0.1, 0.15) is 0 Å². The second kappa shape index (κ2) is 8.09. The topological polar surface area (TPSA) is 38.3 Å². The molecule has 0 aromatic carbocycles. The van der Waals surface area contributed by atoms with E-state index < -0.39 is 0 Å². The van der Waals surface area contributed by atoms with Crippen molar-refractivity contribution >= 4 is 21.8 Å². The summed E-state index contributed by atoms with van der Waals surface area (Å²) in [7, 11) is 0. The van der Waals surface area contributed by atoms with Crippen LogP contribution in [0.3, 0.4) is 0 Å². The molecule has 0 aromatic rings. The number of ether oxygens (including phenoxy) is 1. The van der Waals surface area contributed by atoms with Gasteiger partial charge in [-0.1, -0.05) is 22.9 Å². The fourth-order valence-electron chi connectivity index (χ4n) is 2.12. The molecule has 1 atom stereocenters. The average Bonchev–Trinajstić information content (AvgIpc) is 2.24. The second-order valence-electron chi connectivity index (χ2n) is 5.01. The van der Waals surface area contributed by atoms with Crippen molar-refractivity contribution in [1.29, 1.82) is 0 Å². The van der Waals surface area contributed by atoms with E-state index >= 15 is 0 Å². The molecule has 0 aliphatic heterocycles. The number of nitrogens with one attached hydrogen (secondary N) is 1. The first-order valence-corrected chi connectivity index (χ1v) is 7.72. The monoisotopic (exact) mass is 305 g/mol. The number of hydrogen-bond acceptors (Lipinski definition) is 2. The van der Waals surface area contributed by atoms with Gasteiger partial charge in [0.15, 0.2) is 0 Å². The first-order chi connectivity index (χ1) is 8.15. The van der Waals surface area contributed by atoms with E-state index in [1.165, 1.54) is 0 Å². The lowest BCUT2D eigenvalue weighted by molar-refractivity contribution is -0.124. The SMILES string of the molecule is CCOC1CC(CC(=O)NCC(C)CCBr)C1. The van der Waals surface area contributed by atoms with E-state index in [0.717, 1.165) is 37.7 Å². The Morgan fingerprint density at radius 2 is 2.24 bits per heavy atom. The van der Waals surface area contributed by atoms with Gasteiger partial charge in [-0.2, -0.15) is 0 Å². The Morgan fingerprint density at radius 3 is 2.82 bits per heavy atom. The highest BCUT2D eigenvalue weighted by Crippen LogP contribution is 2.32. The van der Waals surface area contributed by atoms with E-state index in [1.807, 2.05) is 6.92 Å². The Kier molecular flexibility index (Phi) is 7.12. The standard InChI is InChI=1S/C13H24BrNO2/c1-3-17-12-6-11(7-12)8-13(16)15-9-10(2)4-5-14/h10-12H,3-9H2,1-2H3,(H,15,16).